The SMILES string of the molecule is CC(=O)Nc1cccc(-c2ccc(C(=O)C3Nc4ccccc4Cn4cccc43)cc2C)c1Cl. The molecule has 1 unspecified atom stereocenters. The minimum Gasteiger partial charge on any atom is -0.370 e. The number of aryl methyl sites for hydroxylation is 1. The summed E-state index contributed by atoms with van der Waals surface area (Å²) in [4.78, 5) is 25.2. The van der Waals surface area contributed by atoms with Gasteiger partial charge in [0.2, 0.25) is 5.91 Å². The molecule has 0 saturated carbocycles. The quantitative estimate of drug-likeness (QED) is 0.336. The maximum Gasteiger partial charge on any atom is 0.221 e. The molecule has 0 fully saturated rings. The number of nitrogens with one attached hydrogen (secondary N) is 2. The van der Waals surface area contributed by atoms with Crippen LogP contribution in [0.2, 0.25) is 5.02 Å². The lowest BCUT2D eigenvalue weighted by atomic mass is 9.94. The molecule has 5 nitrogen and oxygen atoms in total. The normalized spacial score (nSPS) is 14.4. The molecule has 4 aromatic rings. The zero-order valence-corrected chi connectivity index (χ0v) is 19.7. The van der Waals surface area contributed by atoms with Crippen molar-refractivity contribution in [2.75, 3.05) is 10.6 Å². The molecule has 0 bridgehead atoms. The van der Waals surface area contributed by atoms with Gasteiger partial charge in [-0.15, -0.1) is 0 Å². The topological polar surface area (TPSA) is 63.1 Å². The van der Waals surface area contributed by atoms with Gasteiger partial charge >= 0.3 is 0 Å². The van der Waals surface area contributed by atoms with Crippen molar-refractivity contribution in [3.05, 3.63) is 106 Å². The van der Waals surface area contributed by atoms with Crippen LogP contribution in [-0.4, -0.2) is 16.3 Å². The molecule has 3 aromatic carbocycles. The Hall–Kier alpha value is -3.83. The first-order valence-corrected chi connectivity index (χ1v) is 11.5. The predicted molar refractivity (Wildman–Crippen MR) is 137 cm³/mol. The van der Waals surface area contributed by atoms with Crippen molar-refractivity contribution in [2.45, 2.75) is 26.4 Å². The van der Waals surface area contributed by atoms with Crippen LogP contribution in [0.3, 0.4) is 0 Å². The Morgan fingerprint density at radius 1 is 1.00 bits per heavy atom. The van der Waals surface area contributed by atoms with Crippen LogP contribution in [0.15, 0.2) is 79.0 Å². The Labute approximate surface area is 203 Å². The fourth-order valence-electron chi connectivity index (χ4n) is 4.56. The van der Waals surface area contributed by atoms with E-state index < -0.39 is 6.04 Å². The monoisotopic (exact) mass is 469 g/mol. The van der Waals surface area contributed by atoms with Gasteiger partial charge in [0.1, 0.15) is 6.04 Å². The second-order valence-electron chi connectivity index (χ2n) is 8.54. The average molecular weight is 470 g/mol. The first-order chi connectivity index (χ1) is 16.4. The molecule has 1 aromatic heterocycles. The van der Waals surface area contributed by atoms with Crippen molar-refractivity contribution in [2.24, 2.45) is 0 Å². The Morgan fingerprint density at radius 3 is 2.62 bits per heavy atom. The maximum absolute atomic E-state index is 13.7. The summed E-state index contributed by atoms with van der Waals surface area (Å²) in [7, 11) is 0. The van der Waals surface area contributed by atoms with Crippen LogP contribution in [0.25, 0.3) is 11.1 Å². The van der Waals surface area contributed by atoms with Gasteiger partial charge in [0, 0.05) is 42.2 Å². The Bertz CT molecular complexity index is 1420. The molecule has 1 aliphatic rings. The molecule has 0 radical (unpaired) electrons. The second-order valence-corrected chi connectivity index (χ2v) is 8.92. The number of para-hydroxylation sites is 1. The first-order valence-electron chi connectivity index (χ1n) is 11.1. The number of amides is 1. The third-order valence-corrected chi connectivity index (χ3v) is 6.60. The van der Waals surface area contributed by atoms with Crippen LogP contribution in [0.1, 0.15) is 40.1 Å². The summed E-state index contributed by atoms with van der Waals surface area (Å²) >= 11 is 6.60. The van der Waals surface area contributed by atoms with Gasteiger partial charge in [-0.2, -0.15) is 0 Å². The third kappa shape index (κ3) is 3.99. The van der Waals surface area contributed by atoms with E-state index in [9.17, 15) is 9.59 Å². The predicted octanol–water partition coefficient (Wildman–Crippen LogP) is 6.47. The molecular weight excluding hydrogens is 446 g/mol. The largest absolute Gasteiger partial charge is 0.370 e. The number of halogens is 1. The third-order valence-electron chi connectivity index (χ3n) is 6.19. The molecule has 1 amide bonds. The van der Waals surface area contributed by atoms with Crippen LogP contribution in [0.4, 0.5) is 11.4 Å². The fraction of sp³-hybridized carbons (Fsp3) is 0.143. The number of aromatic nitrogens is 1. The van der Waals surface area contributed by atoms with Gasteiger partial charge in [-0.25, -0.2) is 0 Å². The van der Waals surface area contributed by atoms with Gasteiger partial charge in [0.25, 0.3) is 0 Å². The lowest BCUT2D eigenvalue weighted by Gasteiger charge is -2.19. The Balaban J connectivity index is 1.50. The van der Waals surface area contributed by atoms with Crippen molar-refractivity contribution in [1.29, 1.82) is 0 Å². The van der Waals surface area contributed by atoms with Crippen LogP contribution in [0, 0.1) is 6.92 Å². The van der Waals surface area contributed by atoms with E-state index in [2.05, 4.69) is 21.3 Å². The van der Waals surface area contributed by atoms with Crippen LogP contribution >= 0.6 is 11.6 Å². The molecule has 1 aliphatic heterocycles. The van der Waals surface area contributed by atoms with Gasteiger partial charge in [0.05, 0.1) is 10.7 Å². The van der Waals surface area contributed by atoms with E-state index in [4.69, 9.17) is 11.6 Å². The Morgan fingerprint density at radius 2 is 1.82 bits per heavy atom. The minimum absolute atomic E-state index is 0.00407. The van der Waals surface area contributed by atoms with Crippen molar-refractivity contribution in [3.63, 3.8) is 0 Å². The number of anilines is 2. The number of ketones is 1. The summed E-state index contributed by atoms with van der Waals surface area (Å²) in [6, 6.07) is 22.8. The van der Waals surface area contributed by atoms with E-state index in [-0.39, 0.29) is 11.7 Å². The molecule has 34 heavy (non-hydrogen) atoms. The first kappa shape index (κ1) is 22.0. The number of Topliss-reactive ketones (excluding diaryl/α,β-unsaturated/α-hetero) is 1. The molecular formula is C28H24ClN3O2. The van der Waals surface area contributed by atoms with Crippen molar-refractivity contribution >= 4 is 34.7 Å². The maximum atomic E-state index is 13.7. The molecule has 6 heteroatoms. The summed E-state index contributed by atoms with van der Waals surface area (Å²) in [6.07, 6.45) is 2.01. The highest BCUT2D eigenvalue weighted by Crippen LogP contribution is 2.37. The number of carbonyl (C=O) groups excluding carboxylic acids is 2. The molecule has 170 valence electrons. The van der Waals surface area contributed by atoms with E-state index in [0.29, 0.717) is 16.3 Å². The number of carbonyl (C=O) groups is 2. The average Bonchev–Trinajstić information content (AvgIpc) is 3.21. The lowest BCUT2D eigenvalue weighted by molar-refractivity contribution is -0.114. The van der Waals surface area contributed by atoms with E-state index in [1.54, 1.807) is 6.07 Å². The summed E-state index contributed by atoms with van der Waals surface area (Å²) < 4.78 is 2.12. The highest BCUT2D eigenvalue weighted by molar-refractivity contribution is 6.36. The van der Waals surface area contributed by atoms with Crippen molar-refractivity contribution < 1.29 is 9.59 Å². The minimum atomic E-state index is -0.490. The highest BCUT2D eigenvalue weighted by atomic mass is 35.5. The number of fused-ring (bicyclic) bond motifs is 2. The standard InChI is InChI=1S/C28H24ClN3O2/c1-17-15-19(12-13-21(17)22-8-5-10-24(26(22)29)30-18(2)33)28(34)27-25-11-6-14-32(25)16-20-7-3-4-9-23(20)31-27/h3-15,27,31H,16H2,1-2H3,(H,30,33). The van der Waals surface area contributed by atoms with Gasteiger partial charge in [-0.3, -0.25) is 9.59 Å². The number of nitrogens with zero attached hydrogens (tertiary/aromatic N) is 1. The van der Waals surface area contributed by atoms with Crippen LogP contribution < -0.4 is 10.6 Å². The molecule has 0 saturated heterocycles. The van der Waals surface area contributed by atoms with E-state index in [0.717, 1.165) is 40.2 Å². The molecule has 2 heterocycles. The molecule has 1 atom stereocenters. The van der Waals surface area contributed by atoms with Crippen LogP contribution in [-0.2, 0) is 11.3 Å². The number of benzene rings is 3. The summed E-state index contributed by atoms with van der Waals surface area (Å²) in [5, 5.41) is 6.70. The van der Waals surface area contributed by atoms with Crippen LogP contribution in [0.5, 0.6) is 0 Å². The van der Waals surface area contributed by atoms with E-state index in [1.807, 2.05) is 73.8 Å². The Kier molecular flexibility index (Phi) is 5.72. The summed E-state index contributed by atoms with van der Waals surface area (Å²) in [6.45, 7) is 4.13. The highest BCUT2D eigenvalue weighted by Gasteiger charge is 2.28. The second kappa shape index (κ2) is 8.84. The van der Waals surface area contributed by atoms with Crippen molar-refractivity contribution in [1.82, 2.24) is 4.57 Å². The molecule has 2 N–H and O–H groups in total. The number of rotatable bonds is 4. The molecule has 0 spiro atoms. The molecule has 5 rings (SSSR count). The van der Waals surface area contributed by atoms with Gasteiger partial charge in [0.15, 0.2) is 5.78 Å². The van der Waals surface area contributed by atoms with E-state index in [1.165, 1.54) is 6.92 Å². The fourth-order valence-corrected chi connectivity index (χ4v) is 4.83. The van der Waals surface area contributed by atoms with Gasteiger partial charge < -0.3 is 15.2 Å². The smallest absolute Gasteiger partial charge is 0.221 e. The van der Waals surface area contributed by atoms with Crippen molar-refractivity contribution in [3.8, 4) is 11.1 Å². The number of hydrogen-bond acceptors (Lipinski definition) is 3. The number of hydrogen-bond donors (Lipinski definition) is 2. The zero-order valence-electron chi connectivity index (χ0n) is 18.9. The van der Waals surface area contributed by atoms with E-state index >= 15 is 0 Å². The van der Waals surface area contributed by atoms with Gasteiger partial charge in [-0.1, -0.05) is 54.1 Å². The summed E-state index contributed by atoms with van der Waals surface area (Å²) in [5.74, 6) is -0.177. The lowest BCUT2D eigenvalue weighted by Crippen LogP contribution is -2.22. The summed E-state index contributed by atoms with van der Waals surface area (Å²) in [5.41, 5.74) is 6.89. The van der Waals surface area contributed by atoms with Gasteiger partial charge in [-0.05, 0) is 53.9 Å². The molecule has 0 aliphatic carbocycles. The zero-order chi connectivity index (χ0) is 23.8.